The highest BCUT2D eigenvalue weighted by atomic mass is 19.1. The van der Waals surface area contributed by atoms with E-state index in [1.54, 1.807) is 0 Å². The van der Waals surface area contributed by atoms with E-state index in [-0.39, 0.29) is 13.2 Å². The number of alkyl halides is 2. The van der Waals surface area contributed by atoms with Gasteiger partial charge in [-0.2, -0.15) is 0 Å². The molecule has 0 aliphatic carbocycles. The van der Waals surface area contributed by atoms with Crippen LogP contribution in [0.2, 0.25) is 0 Å². The first-order valence-electron chi connectivity index (χ1n) is 8.22. The fourth-order valence-corrected chi connectivity index (χ4v) is 2.16. The molecule has 2 aromatic rings. The Kier molecular flexibility index (Phi) is 7.98. The lowest BCUT2D eigenvalue weighted by molar-refractivity contribution is -0.259. The Morgan fingerprint density at radius 1 is 0.680 bits per heavy atom. The summed E-state index contributed by atoms with van der Waals surface area (Å²) in [6, 6.07) is 15.4. The van der Waals surface area contributed by atoms with Crippen molar-refractivity contribution in [2.45, 2.75) is 39.6 Å². The van der Waals surface area contributed by atoms with Crippen molar-refractivity contribution in [2.75, 3.05) is 13.3 Å². The Labute approximate surface area is 147 Å². The molecule has 136 valence electrons. The van der Waals surface area contributed by atoms with E-state index in [4.69, 9.17) is 14.2 Å². The average molecular weight is 350 g/mol. The Bertz CT molecular complexity index is 558. The van der Waals surface area contributed by atoms with E-state index >= 15 is 0 Å². The minimum absolute atomic E-state index is 0.186. The van der Waals surface area contributed by atoms with Crippen LogP contribution in [0.3, 0.4) is 0 Å². The monoisotopic (exact) mass is 350 g/mol. The van der Waals surface area contributed by atoms with Gasteiger partial charge in [-0.25, -0.2) is 8.78 Å². The van der Waals surface area contributed by atoms with Gasteiger partial charge in [0.05, 0.1) is 13.2 Å². The Morgan fingerprint density at radius 3 is 1.36 bits per heavy atom. The summed E-state index contributed by atoms with van der Waals surface area (Å²) in [5.41, 5.74) is 4.04. The lowest BCUT2D eigenvalue weighted by Gasteiger charge is -2.21. The maximum absolute atomic E-state index is 13.1. The number of rotatable bonds is 10. The second kappa shape index (κ2) is 10.2. The van der Waals surface area contributed by atoms with E-state index < -0.39 is 25.9 Å². The van der Waals surface area contributed by atoms with Crippen LogP contribution in [-0.2, 0) is 27.4 Å². The highest BCUT2D eigenvalue weighted by Crippen LogP contribution is 2.12. The molecule has 0 radical (unpaired) electrons. The van der Waals surface area contributed by atoms with Crippen molar-refractivity contribution in [1.82, 2.24) is 0 Å². The summed E-state index contributed by atoms with van der Waals surface area (Å²) in [6.07, 6.45) is -2.33. The van der Waals surface area contributed by atoms with Gasteiger partial charge in [-0.05, 0) is 25.0 Å². The van der Waals surface area contributed by atoms with E-state index in [1.807, 2.05) is 62.4 Å². The van der Waals surface area contributed by atoms with Gasteiger partial charge in [0, 0.05) is 0 Å². The first kappa shape index (κ1) is 19.5. The summed E-state index contributed by atoms with van der Waals surface area (Å²) >= 11 is 0. The van der Waals surface area contributed by atoms with Gasteiger partial charge >= 0.3 is 0 Å². The third-order valence-electron chi connectivity index (χ3n) is 3.67. The average Bonchev–Trinajstić information content (AvgIpc) is 2.64. The molecule has 0 saturated heterocycles. The van der Waals surface area contributed by atoms with Crippen LogP contribution < -0.4 is 0 Å². The number of hydrogen-bond donors (Lipinski definition) is 0. The molecule has 0 bridgehead atoms. The van der Waals surface area contributed by atoms with Crippen molar-refractivity contribution in [1.29, 1.82) is 0 Å². The van der Waals surface area contributed by atoms with Gasteiger partial charge in [0.2, 0.25) is 0 Å². The van der Waals surface area contributed by atoms with E-state index in [9.17, 15) is 8.78 Å². The van der Waals surface area contributed by atoms with Crippen LogP contribution in [-0.4, -0.2) is 25.9 Å². The molecule has 2 rings (SSSR count). The second-order valence-corrected chi connectivity index (χ2v) is 5.90. The lowest BCUT2D eigenvalue weighted by atomic mass is 10.2. The van der Waals surface area contributed by atoms with Gasteiger partial charge < -0.3 is 14.2 Å². The standard InChI is InChI=1S/C20H24F2O3/c1-15-3-7-17(8-4-15)13-23-19(11-21)25-20(12-22)24-14-18-9-5-16(2)6-10-18/h3-10,19-20H,11-14H2,1-2H3. The predicted octanol–water partition coefficient (Wildman–Crippen LogP) is 4.64. The van der Waals surface area contributed by atoms with Crippen LogP contribution >= 0.6 is 0 Å². The molecule has 2 atom stereocenters. The van der Waals surface area contributed by atoms with Crippen molar-refractivity contribution in [3.05, 3.63) is 70.8 Å². The molecule has 0 aliphatic heterocycles. The summed E-state index contributed by atoms with van der Waals surface area (Å²) < 4.78 is 42.2. The molecular formula is C20H24F2O3. The molecular weight excluding hydrogens is 326 g/mol. The van der Waals surface area contributed by atoms with Crippen molar-refractivity contribution in [3.8, 4) is 0 Å². The molecule has 0 aliphatic rings. The third kappa shape index (κ3) is 6.90. The van der Waals surface area contributed by atoms with Crippen molar-refractivity contribution in [2.24, 2.45) is 0 Å². The van der Waals surface area contributed by atoms with Crippen LogP contribution in [0.15, 0.2) is 48.5 Å². The molecule has 5 heteroatoms. The number of hydrogen-bond acceptors (Lipinski definition) is 3. The smallest absolute Gasteiger partial charge is 0.189 e. The highest BCUT2D eigenvalue weighted by molar-refractivity contribution is 5.21. The highest BCUT2D eigenvalue weighted by Gasteiger charge is 2.18. The molecule has 0 fully saturated rings. The van der Waals surface area contributed by atoms with Gasteiger partial charge in [-0.3, -0.25) is 0 Å². The van der Waals surface area contributed by atoms with Crippen LogP contribution in [0.4, 0.5) is 8.78 Å². The van der Waals surface area contributed by atoms with Crippen LogP contribution in [0, 0.1) is 13.8 Å². The van der Waals surface area contributed by atoms with Crippen molar-refractivity contribution < 1.29 is 23.0 Å². The van der Waals surface area contributed by atoms with Gasteiger partial charge in [-0.15, -0.1) is 0 Å². The second-order valence-electron chi connectivity index (χ2n) is 5.90. The van der Waals surface area contributed by atoms with Crippen molar-refractivity contribution in [3.63, 3.8) is 0 Å². The van der Waals surface area contributed by atoms with Crippen LogP contribution in [0.5, 0.6) is 0 Å². The number of halogens is 2. The number of benzene rings is 2. The van der Waals surface area contributed by atoms with Gasteiger partial charge in [-0.1, -0.05) is 59.7 Å². The van der Waals surface area contributed by atoms with E-state index in [0.717, 1.165) is 22.3 Å². The van der Waals surface area contributed by atoms with Crippen LogP contribution in [0.1, 0.15) is 22.3 Å². The van der Waals surface area contributed by atoms with Crippen molar-refractivity contribution >= 4 is 0 Å². The fourth-order valence-electron chi connectivity index (χ4n) is 2.16. The largest absolute Gasteiger partial charge is 0.345 e. The van der Waals surface area contributed by atoms with E-state index in [2.05, 4.69) is 0 Å². The SMILES string of the molecule is Cc1ccc(COC(CF)OC(CF)OCc2ccc(C)cc2)cc1. The van der Waals surface area contributed by atoms with E-state index in [1.165, 1.54) is 0 Å². The minimum atomic E-state index is -1.17. The quantitative estimate of drug-likeness (QED) is 0.584. The fraction of sp³-hybridized carbons (Fsp3) is 0.400. The number of ether oxygens (including phenoxy) is 3. The molecule has 0 saturated carbocycles. The predicted molar refractivity (Wildman–Crippen MR) is 92.5 cm³/mol. The topological polar surface area (TPSA) is 27.7 Å². The van der Waals surface area contributed by atoms with Gasteiger partial charge in [0.15, 0.2) is 12.6 Å². The molecule has 25 heavy (non-hydrogen) atoms. The summed E-state index contributed by atoms with van der Waals surface area (Å²) in [5, 5.41) is 0. The van der Waals surface area contributed by atoms with Gasteiger partial charge in [0.25, 0.3) is 0 Å². The summed E-state index contributed by atoms with van der Waals surface area (Å²) in [7, 11) is 0. The zero-order valence-electron chi connectivity index (χ0n) is 14.6. The molecule has 2 unspecified atom stereocenters. The first-order valence-corrected chi connectivity index (χ1v) is 8.22. The zero-order valence-corrected chi connectivity index (χ0v) is 14.6. The zero-order chi connectivity index (χ0) is 18.1. The molecule has 0 N–H and O–H groups in total. The summed E-state index contributed by atoms with van der Waals surface area (Å²) in [5.74, 6) is 0. The Hall–Kier alpha value is -1.82. The van der Waals surface area contributed by atoms with Crippen LogP contribution in [0.25, 0.3) is 0 Å². The number of aryl methyl sites for hydroxylation is 2. The van der Waals surface area contributed by atoms with E-state index in [0.29, 0.717) is 0 Å². The maximum atomic E-state index is 13.1. The molecule has 0 amide bonds. The first-order chi connectivity index (χ1) is 12.1. The van der Waals surface area contributed by atoms with Gasteiger partial charge in [0.1, 0.15) is 13.3 Å². The summed E-state index contributed by atoms with van der Waals surface area (Å²) in [4.78, 5) is 0. The molecule has 0 spiro atoms. The third-order valence-corrected chi connectivity index (χ3v) is 3.67. The molecule has 0 heterocycles. The Morgan fingerprint density at radius 2 is 1.04 bits per heavy atom. The summed E-state index contributed by atoms with van der Waals surface area (Å²) in [6.45, 7) is 2.58. The molecule has 3 nitrogen and oxygen atoms in total. The normalized spacial score (nSPS) is 13.6. The lowest BCUT2D eigenvalue weighted by Crippen LogP contribution is -2.29. The molecule has 2 aromatic carbocycles. The molecule has 0 aromatic heterocycles. The maximum Gasteiger partial charge on any atom is 0.189 e. The minimum Gasteiger partial charge on any atom is -0.345 e. The Balaban J connectivity index is 1.80.